The quantitative estimate of drug-likeness (QED) is 0.159. The van der Waals surface area contributed by atoms with Crippen molar-refractivity contribution in [1.82, 2.24) is 0 Å². The van der Waals surface area contributed by atoms with Crippen molar-refractivity contribution in [1.29, 1.82) is 0 Å². The molecule has 0 unspecified atom stereocenters. The van der Waals surface area contributed by atoms with Crippen molar-refractivity contribution in [2.45, 2.75) is 153 Å². The van der Waals surface area contributed by atoms with E-state index in [1.165, 1.54) is 28.3 Å². The van der Waals surface area contributed by atoms with Crippen LogP contribution < -0.4 is 5.73 Å². The molecule has 0 saturated carbocycles. The molecule has 0 aliphatic heterocycles. The van der Waals surface area contributed by atoms with Crippen molar-refractivity contribution in [2.24, 2.45) is 5.73 Å². The second-order valence-electron chi connectivity index (χ2n) is 19.0. The van der Waals surface area contributed by atoms with E-state index in [4.69, 9.17) is 17.3 Å². The molecular weight excluding hydrogens is 862 g/mol. The van der Waals surface area contributed by atoms with Crippen molar-refractivity contribution < 1.29 is 22.4 Å². The van der Waals surface area contributed by atoms with E-state index in [1.807, 2.05) is 119 Å². The van der Waals surface area contributed by atoms with Gasteiger partial charge in [0.15, 0.2) is 0 Å². The molecule has 0 aliphatic rings. The SMILES string of the molecule is CC(C)c1ccc(C(N)=O)cc1F.Cc1ccc(C(C)C)c(Cl)c1.Cc1ccc(C(C)C)c(F)c1.Cc1ccc(C(C)C)c(F)c1.Cc1ccc(C(C)C)c(F)c1.Cc1ccc(C(C)C)cc1. The summed E-state index contributed by atoms with van der Waals surface area (Å²) in [5, 5.41) is 0.889. The number of aryl methyl sites for hydroxylation is 5. The van der Waals surface area contributed by atoms with E-state index in [9.17, 15) is 22.4 Å². The molecule has 0 bridgehead atoms. The van der Waals surface area contributed by atoms with Crippen LogP contribution in [0.1, 0.15) is 190 Å². The van der Waals surface area contributed by atoms with Crippen LogP contribution in [0, 0.1) is 57.9 Å². The molecule has 0 atom stereocenters. The third-order valence-corrected chi connectivity index (χ3v) is 11.1. The van der Waals surface area contributed by atoms with Crippen molar-refractivity contribution in [3.05, 3.63) is 210 Å². The first kappa shape index (κ1) is 59.8. The van der Waals surface area contributed by atoms with Gasteiger partial charge in [-0.25, -0.2) is 17.6 Å². The highest BCUT2D eigenvalue weighted by molar-refractivity contribution is 6.31. The van der Waals surface area contributed by atoms with E-state index in [0.717, 1.165) is 38.4 Å². The maximum absolute atomic E-state index is 13.3. The molecule has 0 saturated heterocycles. The molecule has 2 N–H and O–H groups in total. The summed E-state index contributed by atoms with van der Waals surface area (Å²) in [6.07, 6.45) is 0. The molecule has 0 radical (unpaired) electrons. The van der Waals surface area contributed by atoms with Gasteiger partial charge in [-0.1, -0.05) is 179 Å². The minimum atomic E-state index is -0.603. The van der Waals surface area contributed by atoms with E-state index in [2.05, 4.69) is 77.9 Å². The van der Waals surface area contributed by atoms with Crippen molar-refractivity contribution in [3.63, 3.8) is 0 Å². The summed E-state index contributed by atoms with van der Waals surface area (Å²) in [5.74, 6) is 0.882. The van der Waals surface area contributed by atoms with Crippen LogP contribution in [-0.4, -0.2) is 5.91 Å². The van der Waals surface area contributed by atoms with E-state index in [-0.39, 0.29) is 52.5 Å². The number of hydrogen-bond acceptors (Lipinski definition) is 1. The fourth-order valence-electron chi connectivity index (χ4n) is 6.50. The van der Waals surface area contributed by atoms with Gasteiger partial charge in [-0.3, -0.25) is 4.79 Å². The molecule has 0 aromatic heterocycles. The Balaban J connectivity index is 0.000000403. The van der Waals surface area contributed by atoms with Crippen LogP contribution in [0.5, 0.6) is 0 Å². The molecule has 0 heterocycles. The topological polar surface area (TPSA) is 43.1 Å². The largest absolute Gasteiger partial charge is 0.366 e. The fourth-order valence-corrected chi connectivity index (χ4v) is 6.95. The molecule has 6 rings (SSSR count). The number of carbonyl (C=O) groups is 1. The van der Waals surface area contributed by atoms with Crippen LogP contribution in [0.25, 0.3) is 0 Å². The van der Waals surface area contributed by atoms with Gasteiger partial charge in [0.1, 0.15) is 23.3 Å². The Morgan fingerprint density at radius 1 is 0.373 bits per heavy atom. The summed E-state index contributed by atoms with van der Waals surface area (Å²) in [6.45, 7) is 34.3. The number of primary amides is 1. The molecule has 0 fully saturated rings. The lowest BCUT2D eigenvalue weighted by molar-refractivity contribution is 0.0999. The van der Waals surface area contributed by atoms with Crippen LogP contribution in [-0.2, 0) is 0 Å². The Bertz CT molecular complexity index is 2190. The Kier molecular flexibility index (Phi) is 26.4. The zero-order valence-electron chi connectivity index (χ0n) is 43.3. The van der Waals surface area contributed by atoms with Crippen LogP contribution in [0.3, 0.4) is 0 Å². The number of carbonyl (C=O) groups excluding carboxylic acids is 1. The molecule has 0 spiro atoms. The van der Waals surface area contributed by atoms with E-state index in [0.29, 0.717) is 17.4 Å². The van der Waals surface area contributed by atoms with Crippen molar-refractivity contribution in [2.75, 3.05) is 0 Å². The van der Waals surface area contributed by atoms with Gasteiger partial charge in [-0.05, 0) is 162 Å². The Labute approximate surface area is 407 Å². The average molecular weight is 941 g/mol. The summed E-state index contributed by atoms with van der Waals surface area (Å²) in [6, 6.07) is 35.4. The number of rotatable bonds is 7. The molecule has 1 amide bonds. The number of amides is 1. The van der Waals surface area contributed by atoms with Gasteiger partial charge in [0.05, 0.1) is 0 Å². The van der Waals surface area contributed by atoms with Crippen LogP contribution >= 0.6 is 11.6 Å². The summed E-state index contributed by atoms with van der Waals surface area (Å²) in [4.78, 5) is 10.7. The molecular formula is C60H78ClF4NO. The summed E-state index contributed by atoms with van der Waals surface area (Å²) in [5.41, 5.74) is 16.4. The fraction of sp³-hybridized carbons (Fsp3) is 0.383. The lowest BCUT2D eigenvalue weighted by Crippen LogP contribution is -2.11. The van der Waals surface area contributed by atoms with Crippen LogP contribution in [0.15, 0.2) is 115 Å². The first-order valence-electron chi connectivity index (χ1n) is 23.4. The van der Waals surface area contributed by atoms with Crippen LogP contribution in [0.2, 0.25) is 5.02 Å². The third-order valence-electron chi connectivity index (χ3n) is 10.8. The Morgan fingerprint density at radius 3 is 0.896 bits per heavy atom. The lowest BCUT2D eigenvalue weighted by Gasteiger charge is -2.07. The van der Waals surface area contributed by atoms with Gasteiger partial charge in [-0.15, -0.1) is 0 Å². The second kappa shape index (κ2) is 29.5. The molecule has 6 aromatic rings. The molecule has 2 nitrogen and oxygen atoms in total. The molecule has 0 aliphatic carbocycles. The van der Waals surface area contributed by atoms with E-state index in [1.54, 1.807) is 30.3 Å². The monoisotopic (exact) mass is 940 g/mol. The maximum atomic E-state index is 13.3. The predicted molar refractivity (Wildman–Crippen MR) is 280 cm³/mol. The van der Waals surface area contributed by atoms with Crippen LogP contribution in [0.4, 0.5) is 17.6 Å². The van der Waals surface area contributed by atoms with Gasteiger partial charge in [-0.2, -0.15) is 0 Å². The summed E-state index contributed by atoms with van der Waals surface area (Å²) >= 11 is 6.02. The number of benzene rings is 6. The minimum absolute atomic E-state index is 0.0833. The van der Waals surface area contributed by atoms with Crippen molar-refractivity contribution in [3.8, 4) is 0 Å². The van der Waals surface area contributed by atoms with Gasteiger partial charge in [0.25, 0.3) is 0 Å². The van der Waals surface area contributed by atoms with Gasteiger partial charge in [0, 0.05) is 10.6 Å². The number of halogens is 5. The molecule has 67 heavy (non-hydrogen) atoms. The average Bonchev–Trinajstić information content (AvgIpc) is 3.21. The third kappa shape index (κ3) is 22.0. The van der Waals surface area contributed by atoms with Gasteiger partial charge < -0.3 is 5.73 Å². The molecule has 7 heteroatoms. The van der Waals surface area contributed by atoms with Crippen molar-refractivity contribution >= 4 is 17.5 Å². The standard InChI is InChI=1S/C10H13Cl.C10H12FNO.3C10H13F.C10H14/c1-7(2)9-5-4-8(3)6-10(9)11;1-6(2)8-4-3-7(10(12)13)5-9(8)11;3*1-7(2)9-5-4-8(3)6-10(9)11;1-8(2)10-6-4-9(3)5-7-10/h4-7H,1-3H3;3-6H,1-2H3,(H2,12,13);3*4-7H,1-3H3;4-8H,1-3H3. The second-order valence-corrected chi connectivity index (χ2v) is 19.4. The smallest absolute Gasteiger partial charge is 0.248 e. The normalized spacial score (nSPS) is 10.6. The van der Waals surface area contributed by atoms with E-state index < -0.39 is 5.91 Å². The highest BCUT2D eigenvalue weighted by Gasteiger charge is 2.10. The van der Waals surface area contributed by atoms with Gasteiger partial charge in [0.2, 0.25) is 5.91 Å². The Hall–Kier alpha value is -5.20. The first-order chi connectivity index (χ1) is 31.2. The maximum Gasteiger partial charge on any atom is 0.248 e. The summed E-state index contributed by atoms with van der Waals surface area (Å²) < 4.78 is 52.6. The molecule has 6 aromatic carbocycles. The highest BCUT2D eigenvalue weighted by Crippen LogP contribution is 2.25. The first-order valence-corrected chi connectivity index (χ1v) is 23.7. The van der Waals surface area contributed by atoms with Gasteiger partial charge >= 0.3 is 0 Å². The molecule has 364 valence electrons. The predicted octanol–water partition coefficient (Wildman–Crippen LogP) is 18.7. The highest BCUT2D eigenvalue weighted by atomic mass is 35.5. The minimum Gasteiger partial charge on any atom is -0.366 e. The van der Waals surface area contributed by atoms with E-state index >= 15 is 0 Å². The lowest BCUT2D eigenvalue weighted by atomic mass is 10.0. The number of hydrogen-bond donors (Lipinski definition) is 1. The Morgan fingerprint density at radius 2 is 0.642 bits per heavy atom. The zero-order chi connectivity index (χ0) is 51.3. The zero-order valence-corrected chi connectivity index (χ0v) is 44.1. The number of nitrogens with two attached hydrogens (primary N) is 1. The summed E-state index contributed by atoms with van der Waals surface area (Å²) in [7, 11) is 0.